The Kier molecular flexibility index (Phi) is 7.06. The first-order valence-electron chi connectivity index (χ1n) is 9.18. The van der Waals surface area contributed by atoms with Gasteiger partial charge in [-0.05, 0) is 35.1 Å². The average molecular weight is 407 g/mol. The summed E-state index contributed by atoms with van der Waals surface area (Å²) < 4.78 is 43.7. The predicted molar refractivity (Wildman–Crippen MR) is 104 cm³/mol. The summed E-state index contributed by atoms with van der Waals surface area (Å²) in [7, 11) is 0. The number of carbonyl (C=O) groups is 2. The Hall–Kier alpha value is -2.83. The van der Waals surface area contributed by atoms with Crippen molar-refractivity contribution in [2.45, 2.75) is 45.2 Å². The minimum atomic E-state index is -4.59. The van der Waals surface area contributed by atoms with E-state index in [1.54, 1.807) is 0 Å². The maximum Gasteiger partial charge on any atom is 0.418 e. The van der Waals surface area contributed by atoms with Crippen LogP contribution in [-0.4, -0.2) is 18.5 Å². The Morgan fingerprint density at radius 1 is 0.966 bits per heavy atom. The molecule has 0 spiro atoms. The third kappa shape index (κ3) is 6.93. The van der Waals surface area contributed by atoms with Crippen LogP contribution in [0.5, 0.6) is 0 Å². The smallest absolute Gasteiger partial charge is 0.418 e. The number of hydrogen-bond acceptors (Lipinski definition) is 3. The van der Waals surface area contributed by atoms with Crippen LogP contribution in [0, 0.1) is 0 Å². The largest absolute Gasteiger partial charge is 0.456 e. The van der Waals surface area contributed by atoms with Gasteiger partial charge in [-0.3, -0.25) is 9.59 Å². The van der Waals surface area contributed by atoms with Crippen LogP contribution in [-0.2, 0) is 32.3 Å². The number of rotatable bonds is 6. The number of amides is 1. The van der Waals surface area contributed by atoms with Gasteiger partial charge in [0, 0.05) is 6.42 Å². The number of esters is 1. The molecule has 2 aromatic carbocycles. The quantitative estimate of drug-likeness (QED) is 0.677. The molecule has 0 heterocycles. The monoisotopic (exact) mass is 407 g/mol. The van der Waals surface area contributed by atoms with E-state index in [0.29, 0.717) is 6.42 Å². The van der Waals surface area contributed by atoms with E-state index >= 15 is 0 Å². The van der Waals surface area contributed by atoms with Crippen molar-refractivity contribution in [1.29, 1.82) is 0 Å². The molecular weight excluding hydrogens is 383 g/mol. The van der Waals surface area contributed by atoms with E-state index in [-0.39, 0.29) is 17.5 Å². The molecule has 0 saturated heterocycles. The van der Waals surface area contributed by atoms with Crippen LogP contribution >= 0.6 is 0 Å². The Bertz CT molecular complexity index is 853. The molecule has 0 fully saturated rings. The fourth-order valence-corrected chi connectivity index (χ4v) is 2.66. The lowest BCUT2D eigenvalue weighted by molar-refractivity contribution is -0.147. The molecule has 0 atom stereocenters. The standard InChI is InChI=1S/C22H24F3NO3/c1-21(2,3)16-11-8-15(9-12-16)10-13-20(28)29-14-19(27)26-18-7-5-4-6-17(18)22(23,24)25/h4-9,11-12H,10,13-14H2,1-3H3,(H,26,27). The lowest BCUT2D eigenvalue weighted by atomic mass is 9.86. The Balaban J connectivity index is 1.82. The number of ether oxygens (including phenoxy) is 1. The summed E-state index contributed by atoms with van der Waals surface area (Å²) in [6, 6.07) is 12.5. The van der Waals surface area contributed by atoms with Crippen molar-refractivity contribution in [3.05, 3.63) is 65.2 Å². The van der Waals surface area contributed by atoms with Gasteiger partial charge < -0.3 is 10.1 Å². The summed E-state index contributed by atoms with van der Waals surface area (Å²) in [6.07, 6.45) is -4.08. The highest BCUT2D eigenvalue weighted by molar-refractivity contribution is 5.93. The predicted octanol–water partition coefficient (Wildman–Crippen LogP) is 5.12. The van der Waals surface area contributed by atoms with Gasteiger partial charge >= 0.3 is 12.1 Å². The lowest BCUT2D eigenvalue weighted by Crippen LogP contribution is -2.22. The number of halogens is 3. The molecule has 4 nitrogen and oxygen atoms in total. The maximum atomic E-state index is 12.9. The van der Waals surface area contributed by atoms with E-state index in [4.69, 9.17) is 4.74 Å². The number of carbonyl (C=O) groups excluding carboxylic acids is 2. The Morgan fingerprint density at radius 2 is 1.59 bits per heavy atom. The van der Waals surface area contributed by atoms with Gasteiger partial charge in [-0.2, -0.15) is 13.2 Å². The van der Waals surface area contributed by atoms with Crippen LogP contribution < -0.4 is 5.32 Å². The molecule has 156 valence electrons. The van der Waals surface area contributed by atoms with E-state index in [1.165, 1.54) is 17.7 Å². The molecule has 7 heteroatoms. The molecule has 0 aromatic heterocycles. The number of aryl methyl sites for hydroxylation is 1. The van der Waals surface area contributed by atoms with Crippen molar-refractivity contribution in [2.24, 2.45) is 0 Å². The van der Waals surface area contributed by atoms with Crippen LogP contribution in [0.4, 0.5) is 18.9 Å². The highest BCUT2D eigenvalue weighted by Gasteiger charge is 2.33. The van der Waals surface area contributed by atoms with Crippen LogP contribution in [0.25, 0.3) is 0 Å². The van der Waals surface area contributed by atoms with Crippen LogP contribution in [0.1, 0.15) is 43.9 Å². The second kappa shape index (κ2) is 9.11. The first-order valence-corrected chi connectivity index (χ1v) is 9.18. The Morgan fingerprint density at radius 3 is 2.17 bits per heavy atom. The molecule has 0 radical (unpaired) electrons. The average Bonchev–Trinajstić information content (AvgIpc) is 2.64. The highest BCUT2D eigenvalue weighted by Crippen LogP contribution is 2.34. The van der Waals surface area contributed by atoms with Crippen molar-refractivity contribution in [3.63, 3.8) is 0 Å². The summed E-state index contributed by atoms with van der Waals surface area (Å²) in [5, 5.41) is 2.13. The molecule has 1 amide bonds. The molecule has 0 aliphatic carbocycles. The molecule has 0 bridgehead atoms. The maximum absolute atomic E-state index is 12.9. The summed E-state index contributed by atoms with van der Waals surface area (Å²) in [5.74, 6) is -1.42. The van der Waals surface area contributed by atoms with E-state index < -0.39 is 30.2 Å². The topological polar surface area (TPSA) is 55.4 Å². The molecular formula is C22H24F3NO3. The van der Waals surface area contributed by atoms with E-state index in [0.717, 1.165) is 17.7 Å². The second-order valence-electron chi connectivity index (χ2n) is 7.70. The van der Waals surface area contributed by atoms with E-state index in [2.05, 4.69) is 26.1 Å². The third-order valence-electron chi connectivity index (χ3n) is 4.31. The highest BCUT2D eigenvalue weighted by atomic mass is 19.4. The van der Waals surface area contributed by atoms with Crippen molar-refractivity contribution in [3.8, 4) is 0 Å². The van der Waals surface area contributed by atoms with Gasteiger partial charge in [-0.1, -0.05) is 57.2 Å². The molecule has 0 saturated carbocycles. The first-order chi connectivity index (χ1) is 13.5. The van der Waals surface area contributed by atoms with Gasteiger partial charge in [0.2, 0.25) is 0 Å². The number of nitrogens with one attached hydrogen (secondary N) is 1. The third-order valence-corrected chi connectivity index (χ3v) is 4.31. The second-order valence-corrected chi connectivity index (χ2v) is 7.70. The van der Waals surface area contributed by atoms with Gasteiger partial charge in [0.1, 0.15) is 0 Å². The van der Waals surface area contributed by atoms with Gasteiger partial charge in [-0.25, -0.2) is 0 Å². The van der Waals surface area contributed by atoms with Gasteiger partial charge in [0.05, 0.1) is 11.3 Å². The fraction of sp³-hybridized carbons (Fsp3) is 0.364. The zero-order valence-corrected chi connectivity index (χ0v) is 16.6. The van der Waals surface area contributed by atoms with Crippen molar-refractivity contribution in [2.75, 3.05) is 11.9 Å². The number of hydrogen-bond donors (Lipinski definition) is 1. The van der Waals surface area contributed by atoms with E-state index in [9.17, 15) is 22.8 Å². The van der Waals surface area contributed by atoms with Gasteiger partial charge in [0.15, 0.2) is 6.61 Å². The minimum absolute atomic E-state index is 0.0373. The van der Waals surface area contributed by atoms with Crippen molar-refractivity contribution < 1.29 is 27.5 Å². The first kappa shape index (κ1) is 22.5. The summed E-state index contributed by atoms with van der Waals surface area (Å²) in [6.45, 7) is 5.68. The summed E-state index contributed by atoms with van der Waals surface area (Å²) in [5.41, 5.74) is 0.840. The molecule has 0 aliphatic rings. The molecule has 2 rings (SSSR count). The fourth-order valence-electron chi connectivity index (χ4n) is 2.66. The van der Waals surface area contributed by atoms with Crippen molar-refractivity contribution in [1.82, 2.24) is 0 Å². The van der Waals surface area contributed by atoms with E-state index in [1.807, 2.05) is 24.3 Å². The van der Waals surface area contributed by atoms with Crippen LogP contribution in [0.15, 0.2) is 48.5 Å². The number of anilines is 1. The zero-order valence-electron chi connectivity index (χ0n) is 16.6. The number of para-hydroxylation sites is 1. The minimum Gasteiger partial charge on any atom is -0.456 e. The molecule has 29 heavy (non-hydrogen) atoms. The van der Waals surface area contributed by atoms with Gasteiger partial charge in [-0.15, -0.1) is 0 Å². The SMILES string of the molecule is CC(C)(C)c1ccc(CCC(=O)OCC(=O)Nc2ccccc2C(F)(F)F)cc1. The van der Waals surface area contributed by atoms with Gasteiger partial charge in [0.25, 0.3) is 5.91 Å². The molecule has 0 aliphatic heterocycles. The normalized spacial score (nSPS) is 11.8. The zero-order chi connectivity index (χ0) is 21.7. The summed E-state index contributed by atoms with van der Waals surface area (Å²) in [4.78, 5) is 23.7. The molecule has 2 aromatic rings. The Labute approximate surface area is 168 Å². The van der Waals surface area contributed by atoms with Crippen LogP contribution in [0.3, 0.4) is 0 Å². The molecule has 0 unspecified atom stereocenters. The van der Waals surface area contributed by atoms with Crippen LogP contribution in [0.2, 0.25) is 0 Å². The number of alkyl halides is 3. The molecule has 1 N–H and O–H groups in total. The van der Waals surface area contributed by atoms with Crippen molar-refractivity contribution >= 4 is 17.6 Å². The summed E-state index contributed by atoms with van der Waals surface area (Å²) >= 11 is 0. The lowest BCUT2D eigenvalue weighted by Gasteiger charge is -2.19. The number of benzene rings is 2.